The Balaban J connectivity index is 1.37. The maximum atomic E-state index is 13.0. The second-order valence-corrected chi connectivity index (χ2v) is 8.53. The van der Waals surface area contributed by atoms with Crippen LogP contribution in [-0.4, -0.2) is 30.8 Å². The summed E-state index contributed by atoms with van der Waals surface area (Å²) in [5.74, 6) is -0.0425. The molecule has 5 rings (SSSR count). The van der Waals surface area contributed by atoms with Crippen molar-refractivity contribution in [2.75, 3.05) is 16.0 Å². The van der Waals surface area contributed by atoms with Crippen molar-refractivity contribution < 1.29 is 18.0 Å². The van der Waals surface area contributed by atoms with Crippen LogP contribution in [0.5, 0.6) is 0 Å². The highest BCUT2D eigenvalue weighted by Gasteiger charge is 2.30. The van der Waals surface area contributed by atoms with E-state index in [4.69, 9.17) is 0 Å². The number of halogens is 3. The predicted molar refractivity (Wildman–Crippen MR) is 141 cm³/mol. The first-order valence-corrected chi connectivity index (χ1v) is 11.7. The van der Waals surface area contributed by atoms with Crippen LogP contribution in [0.15, 0.2) is 79.4 Å². The Hall–Kier alpha value is -5.13. The Morgan fingerprint density at radius 3 is 2.56 bits per heavy atom. The van der Waals surface area contributed by atoms with Crippen molar-refractivity contribution in [1.82, 2.24) is 24.9 Å². The number of carbonyl (C=O) groups is 1. The Morgan fingerprint density at radius 2 is 1.77 bits per heavy atom. The number of rotatable bonds is 7. The number of fused-ring (bicyclic) bond motifs is 1. The number of hydrogen-bond acceptors (Lipinski definition) is 8. The molecule has 3 N–H and O–H groups in total. The van der Waals surface area contributed by atoms with E-state index in [0.29, 0.717) is 35.0 Å². The van der Waals surface area contributed by atoms with Crippen molar-refractivity contribution in [3.05, 3.63) is 102 Å². The highest BCUT2D eigenvalue weighted by atomic mass is 19.4. The largest absolute Gasteiger partial charge is 0.416 e. The van der Waals surface area contributed by atoms with Gasteiger partial charge in [-0.05, 0) is 42.3 Å². The van der Waals surface area contributed by atoms with Crippen LogP contribution in [0, 0.1) is 6.92 Å². The van der Waals surface area contributed by atoms with Crippen LogP contribution in [0.25, 0.3) is 11.0 Å². The fourth-order valence-electron chi connectivity index (χ4n) is 3.70. The Morgan fingerprint density at radius 1 is 0.949 bits per heavy atom. The summed E-state index contributed by atoms with van der Waals surface area (Å²) in [7, 11) is 0. The van der Waals surface area contributed by atoms with Gasteiger partial charge in [0.05, 0.1) is 11.8 Å². The second kappa shape index (κ2) is 10.7. The van der Waals surface area contributed by atoms with Gasteiger partial charge in [-0.2, -0.15) is 13.2 Å². The molecule has 0 aliphatic carbocycles. The number of carbonyl (C=O) groups excluding carboxylic acids is 1. The number of alkyl halides is 3. The highest BCUT2D eigenvalue weighted by molar-refractivity contribution is 6.04. The molecule has 0 aliphatic rings. The van der Waals surface area contributed by atoms with Crippen LogP contribution in [0.3, 0.4) is 0 Å². The van der Waals surface area contributed by atoms with Crippen molar-refractivity contribution in [2.24, 2.45) is 0 Å². The lowest BCUT2D eigenvalue weighted by molar-refractivity contribution is -0.137. The maximum Gasteiger partial charge on any atom is 0.416 e. The third-order valence-corrected chi connectivity index (χ3v) is 5.75. The summed E-state index contributed by atoms with van der Waals surface area (Å²) in [6.07, 6.45) is -0.604. The van der Waals surface area contributed by atoms with E-state index in [9.17, 15) is 18.0 Å². The van der Waals surface area contributed by atoms with Gasteiger partial charge >= 0.3 is 6.18 Å². The molecule has 0 aliphatic heterocycles. The van der Waals surface area contributed by atoms with Crippen LogP contribution in [0.1, 0.15) is 27.0 Å². The number of anilines is 4. The number of amides is 1. The zero-order chi connectivity index (χ0) is 27.4. The van der Waals surface area contributed by atoms with Crippen LogP contribution in [0.2, 0.25) is 0 Å². The van der Waals surface area contributed by atoms with Crippen molar-refractivity contribution in [3.8, 4) is 0 Å². The lowest BCUT2D eigenvalue weighted by Gasteiger charge is -2.13. The normalized spacial score (nSPS) is 11.3. The summed E-state index contributed by atoms with van der Waals surface area (Å²) < 4.78 is 39.1. The summed E-state index contributed by atoms with van der Waals surface area (Å²) >= 11 is 0. The van der Waals surface area contributed by atoms with Gasteiger partial charge in [0.1, 0.15) is 23.2 Å². The van der Waals surface area contributed by atoms with Gasteiger partial charge in [0.25, 0.3) is 5.91 Å². The molecule has 3 aromatic heterocycles. The first-order valence-electron chi connectivity index (χ1n) is 11.7. The number of aryl methyl sites for hydroxylation is 1. The van der Waals surface area contributed by atoms with Crippen LogP contribution in [-0.2, 0) is 12.7 Å². The van der Waals surface area contributed by atoms with Crippen LogP contribution >= 0.6 is 0 Å². The van der Waals surface area contributed by atoms with E-state index in [1.807, 2.05) is 37.3 Å². The first-order chi connectivity index (χ1) is 18.8. The molecule has 0 saturated carbocycles. The van der Waals surface area contributed by atoms with Crippen LogP contribution < -0.4 is 16.0 Å². The van der Waals surface area contributed by atoms with Gasteiger partial charge in [0, 0.05) is 24.0 Å². The average Bonchev–Trinajstić information content (AvgIpc) is 2.93. The third kappa shape index (κ3) is 6.06. The molecule has 0 spiro atoms. The van der Waals surface area contributed by atoms with E-state index in [2.05, 4.69) is 40.9 Å². The van der Waals surface area contributed by atoms with E-state index in [1.54, 1.807) is 24.4 Å². The number of pyridine rings is 1. The van der Waals surface area contributed by atoms with Crippen molar-refractivity contribution in [1.29, 1.82) is 0 Å². The minimum Gasteiger partial charge on any atom is -0.350 e. The molecular weight excluding hydrogens is 509 g/mol. The second-order valence-electron chi connectivity index (χ2n) is 8.53. The van der Waals surface area contributed by atoms with Gasteiger partial charge in [-0.15, -0.1) is 0 Å². The van der Waals surface area contributed by atoms with E-state index >= 15 is 0 Å². The summed E-state index contributed by atoms with van der Waals surface area (Å²) in [4.78, 5) is 34.1. The molecule has 0 bridgehead atoms. The van der Waals surface area contributed by atoms with Gasteiger partial charge in [-0.1, -0.05) is 36.4 Å². The molecule has 12 heteroatoms. The van der Waals surface area contributed by atoms with Crippen molar-refractivity contribution in [2.45, 2.75) is 19.6 Å². The number of hydrogen-bond donors (Lipinski definition) is 3. The van der Waals surface area contributed by atoms with Crippen LogP contribution in [0.4, 0.5) is 36.4 Å². The molecule has 9 nitrogen and oxygen atoms in total. The standard InChI is InChI=1S/C27H21F3N8O/c1-16-7-8-18(25(39)37-22-12-19(9-10-31-22)27(28,29)30)11-20(16)36-24-23-21(34-15-35-24)14-33-26(38-23)32-13-17-5-3-2-4-6-17/h2-12,14-15H,13H2,1H3,(H,31,37,39)(H,32,33,38)(H,34,35,36). The smallest absolute Gasteiger partial charge is 0.350 e. The monoisotopic (exact) mass is 530 g/mol. The van der Waals surface area contributed by atoms with Crippen molar-refractivity contribution >= 4 is 40.2 Å². The molecule has 0 saturated heterocycles. The lowest BCUT2D eigenvalue weighted by atomic mass is 10.1. The number of aromatic nitrogens is 5. The first kappa shape index (κ1) is 25.5. The lowest BCUT2D eigenvalue weighted by Crippen LogP contribution is -2.15. The van der Waals surface area contributed by atoms with Gasteiger partial charge in [0.2, 0.25) is 5.95 Å². The maximum absolute atomic E-state index is 13.0. The molecular formula is C27H21F3N8O. The van der Waals surface area contributed by atoms with Gasteiger partial charge in [-0.25, -0.2) is 24.9 Å². The molecule has 2 aromatic carbocycles. The Kier molecular flexibility index (Phi) is 7.00. The fraction of sp³-hybridized carbons (Fsp3) is 0.111. The molecule has 196 valence electrons. The summed E-state index contributed by atoms with van der Waals surface area (Å²) in [5.41, 5.74) is 2.69. The van der Waals surface area contributed by atoms with E-state index in [-0.39, 0.29) is 11.4 Å². The Labute approximate surface area is 220 Å². The predicted octanol–water partition coefficient (Wildman–Crippen LogP) is 5.75. The zero-order valence-corrected chi connectivity index (χ0v) is 20.5. The highest BCUT2D eigenvalue weighted by Crippen LogP contribution is 2.30. The molecule has 0 atom stereocenters. The molecule has 1 amide bonds. The minimum atomic E-state index is -4.55. The zero-order valence-electron chi connectivity index (χ0n) is 20.5. The van der Waals surface area contributed by atoms with E-state index < -0.39 is 17.6 Å². The molecule has 0 radical (unpaired) electrons. The van der Waals surface area contributed by atoms with Crippen molar-refractivity contribution in [3.63, 3.8) is 0 Å². The minimum absolute atomic E-state index is 0.209. The average molecular weight is 531 g/mol. The molecule has 39 heavy (non-hydrogen) atoms. The quantitative estimate of drug-likeness (QED) is 0.244. The van der Waals surface area contributed by atoms with Gasteiger partial charge in [0.15, 0.2) is 5.82 Å². The molecule has 0 unspecified atom stereocenters. The Bertz CT molecular complexity index is 1640. The summed E-state index contributed by atoms with van der Waals surface area (Å²) in [5, 5.41) is 8.79. The molecule has 0 fully saturated rings. The number of benzene rings is 2. The van der Waals surface area contributed by atoms with E-state index in [0.717, 1.165) is 29.5 Å². The number of nitrogens with zero attached hydrogens (tertiary/aromatic N) is 5. The summed E-state index contributed by atoms with van der Waals surface area (Å²) in [6, 6.07) is 16.3. The fourth-order valence-corrected chi connectivity index (χ4v) is 3.70. The van der Waals surface area contributed by atoms with Gasteiger partial charge < -0.3 is 16.0 Å². The van der Waals surface area contributed by atoms with E-state index in [1.165, 1.54) is 6.33 Å². The summed E-state index contributed by atoms with van der Waals surface area (Å²) in [6.45, 7) is 2.36. The van der Waals surface area contributed by atoms with Gasteiger partial charge in [-0.3, -0.25) is 4.79 Å². The third-order valence-electron chi connectivity index (χ3n) is 5.75. The topological polar surface area (TPSA) is 118 Å². The SMILES string of the molecule is Cc1ccc(C(=O)Nc2cc(C(F)(F)F)ccn2)cc1Nc1ncnc2cnc(NCc3ccccc3)nc12. The number of nitrogens with one attached hydrogen (secondary N) is 3. The molecule has 3 heterocycles. The molecule has 5 aromatic rings.